The van der Waals surface area contributed by atoms with Crippen LogP contribution in [0.25, 0.3) is 0 Å². The molecule has 0 bridgehead atoms. The van der Waals surface area contributed by atoms with Gasteiger partial charge in [-0.15, -0.1) is 0 Å². The summed E-state index contributed by atoms with van der Waals surface area (Å²) in [6.45, 7) is 1.78. The maximum atomic E-state index is 12.1. The molecule has 19 heavy (non-hydrogen) atoms. The van der Waals surface area contributed by atoms with Gasteiger partial charge in [-0.25, -0.2) is 4.79 Å². The Morgan fingerprint density at radius 1 is 1.42 bits per heavy atom. The van der Waals surface area contributed by atoms with Gasteiger partial charge in [0.05, 0.1) is 6.61 Å². The zero-order valence-corrected chi connectivity index (χ0v) is 10.9. The van der Waals surface area contributed by atoms with Crippen LogP contribution in [-0.2, 0) is 0 Å². The van der Waals surface area contributed by atoms with Crippen molar-refractivity contribution in [3.05, 3.63) is 29.8 Å². The summed E-state index contributed by atoms with van der Waals surface area (Å²) < 4.78 is 0. The molecule has 5 heteroatoms. The second-order valence-corrected chi connectivity index (χ2v) is 4.72. The smallest absolute Gasteiger partial charge is 0.322 e. The first kappa shape index (κ1) is 13.5. The number of ketones is 1. The minimum atomic E-state index is -0.225. The Hall–Kier alpha value is -1.88. The molecule has 2 rings (SSSR count). The molecule has 102 valence electrons. The fourth-order valence-corrected chi connectivity index (χ4v) is 1.96. The lowest BCUT2D eigenvalue weighted by molar-refractivity contribution is 0.101. The van der Waals surface area contributed by atoms with Crippen molar-refractivity contribution in [2.24, 2.45) is 0 Å². The first-order valence-electron chi connectivity index (χ1n) is 6.41. The molecule has 1 aromatic carbocycles. The third-order valence-electron chi connectivity index (χ3n) is 3.11. The van der Waals surface area contributed by atoms with E-state index in [1.54, 1.807) is 29.2 Å². The van der Waals surface area contributed by atoms with E-state index in [1.807, 2.05) is 0 Å². The highest BCUT2D eigenvalue weighted by atomic mass is 16.3. The zero-order valence-electron chi connectivity index (χ0n) is 10.9. The molecule has 2 amide bonds. The van der Waals surface area contributed by atoms with Crippen LogP contribution in [0, 0.1) is 0 Å². The molecule has 0 aromatic heterocycles. The van der Waals surface area contributed by atoms with Crippen LogP contribution in [0.3, 0.4) is 0 Å². The number of Topliss-reactive ketones (excluding diaryl/α,β-unsaturated/α-hetero) is 1. The average molecular weight is 262 g/mol. The van der Waals surface area contributed by atoms with E-state index in [-0.39, 0.29) is 24.5 Å². The molecule has 2 N–H and O–H groups in total. The van der Waals surface area contributed by atoms with Crippen molar-refractivity contribution in [1.29, 1.82) is 0 Å². The number of carbonyl (C=O) groups is 2. The molecular formula is C14H18N2O3. The third-order valence-corrected chi connectivity index (χ3v) is 3.11. The Balaban J connectivity index is 2.04. The van der Waals surface area contributed by atoms with Crippen LogP contribution in [0.1, 0.15) is 30.1 Å². The topological polar surface area (TPSA) is 69.6 Å². The number of hydrogen-bond acceptors (Lipinski definition) is 3. The highest BCUT2D eigenvalue weighted by molar-refractivity contribution is 5.96. The van der Waals surface area contributed by atoms with Crippen LogP contribution in [0.4, 0.5) is 10.5 Å². The summed E-state index contributed by atoms with van der Waals surface area (Å²) in [6, 6.07) is 6.86. The van der Waals surface area contributed by atoms with E-state index in [9.17, 15) is 9.59 Å². The number of amides is 2. The quantitative estimate of drug-likeness (QED) is 0.796. The van der Waals surface area contributed by atoms with E-state index in [2.05, 4.69) is 5.32 Å². The van der Waals surface area contributed by atoms with Gasteiger partial charge in [0.15, 0.2) is 5.78 Å². The molecule has 0 atom stereocenters. The lowest BCUT2D eigenvalue weighted by Crippen LogP contribution is -2.38. The number of hydrogen-bond donors (Lipinski definition) is 2. The average Bonchev–Trinajstić information content (AvgIpc) is 3.20. The van der Waals surface area contributed by atoms with Crippen LogP contribution in [0.2, 0.25) is 0 Å². The van der Waals surface area contributed by atoms with Gasteiger partial charge in [0.2, 0.25) is 0 Å². The summed E-state index contributed by atoms with van der Waals surface area (Å²) in [4.78, 5) is 25.0. The van der Waals surface area contributed by atoms with Crippen LogP contribution in [-0.4, -0.2) is 41.0 Å². The van der Waals surface area contributed by atoms with Gasteiger partial charge in [0, 0.05) is 23.8 Å². The summed E-state index contributed by atoms with van der Waals surface area (Å²) in [7, 11) is 0. The van der Waals surface area contributed by atoms with Gasteiger partial charge in [-0.05, 0) is 31.9 Å². The molecule has 1 aliphatic carbocycles. The number of nitrogens with one attached hydrogen (secondary N) is 1. The maximum absolute atomic E-state index is 12.1. The third kappa shape index (κ3) is 3.54. The molecule has 1 aliphatic rings. The molecule has 0 saturated heterocycles. The van der Waals surface area contributed by atoms with E-state index in [0.29, 0.717) is 17.8 Å². The summed E-state index contributed by atoms with van der Waals surface area (Å²) in [5.41, 5.74) is 1.17. The summed E-state index contributed by atoms with van der Waals surface area (Å²) in [5.74, 6) is -0.0366. The number of rotatable bonds is 5. The van der Waals surface area contributed by atoms with Crippen LogP contribution >= 0.6 is 0 Å². The predicted octanol–water partition coefficient (Wildman–Crippen LogP) is 1.88. The van der Waals surface area contributed by atoms with Gasteiger partial charge in [-0.2, -0.15) is 0 Å². The highest BCUT2D eigenvalue weighted by Crippen LogP contribution is 2.27. The largest absolute Gasteiger partial charge is 0.395 e. The lowest BCUT2D eigenvalue weighted by atomic mass is 10.1. The van der Waals surface area contributed by atoms with Crippen molar-refractivity contribution in [3.63, 3.8) is 0 Å². The van der Waals surface area contributed by atoms with Gasteiger partial charge in [0.1, 0.15) is 0 Å². The van der Waals surface area contributed by atoms with Gasteiger partial charge in [-0.1, -0.05) is 12.1 Å². The van der Waals surface area contributed by atoms with Crippen LogP contribution in [0.15, 0.2) is 24.3 Å². The molecule has 1 aromatic rings. The minimum Gasteiger partial charge on any atom is -0.395 e. The standard InChI is InChI=1S/C14H18N2O3/c1-10(18)11-3-2-4-12(9-11)15-14(19)16(7-8-17)13-5-6-13/h2-4,9,13,17H,5-8H2,1H3,(H,15,19). The molecule has 0 heterocycles. The van der Waals surface area contributed by atoms with Gasteiger partial charge in [0.25, 0.3) is 0 Å². The molecule has 0 aliphatic heterocycles. The van der Waals surface area contributed by atoms with Crippen molar-refractivity contribution in [1.82, 2.24) is 4.90 Å². The Bertz CT molecular complexity index is 483. The fourth-order valence-electron chi connectivity index (χ4n) is 1.96. The van der Waals surface area contributed by atoms with Crippen molar-refractivity contribution in [3.8, 4) is 0 Å². The van der Waals surface area contributed by atoms with Crippen molar-refractivity contribution in [2.45, 2.75) is 25.8 Å². The van der Waals surface area contributed by atoms with Crippen molar-refractivity contribution in [2.75, 3.05) is 18.5 Å². The number of anilines is 1. The molecule has 1 fully saturated rings. The number of nitrogens with zero attached hydrogens (tertiary/aromatic N) is 1. The second-order valence-electron chi connectivity index (χ2n) is 4.72. The Kier molecular flexibility index (Phi) is 4.16. The maximum Gasteiger partial charge on any atom is 0.322 e. The summed E-state index contributed by atoms with van der Waals surface area (Å²) >= 11 is 0. The number of urea groups is 1. The lowest BCUT2D eigenvalue weighted by Gasteiger charge is -2.21. The zero-order chi connectivity index (χ0) is 13.8. The van der Waals surface area contributed by atoms with Crippen LogP contribution < -0.4 is 5.32 Å². The molecule has 1 saturated carbocycles. The SMILES string of the molecule is CC(=O)c1cccc(NC(=O)N(CCO)C2CC2)c1. The number of benzene rings is 1. The molecule has 0 unspecified atom stereocenters. The van der Waals surface area contributed by atoms with Gasteiger partial charge >= 0.3 is 6.03 Å². The Labute approximate surface area is 112 Å². The van der Waals surface area contributed by atoms with Crippen molar-refractivity contribution >= 4 is 17.5 Å². The number of carbonyl (C=O) groups excluding carboxylic acids is 2. The molecular weight excluding hydrogens is 244 g/mol. The Morgan fingerprint density at radius 3 is 2.74 bits per heavy atom. The number of aliphatic hydroxyl groups excluding tert-OH is 1. The second kappa shape index (κ2) is 5.84. The van der Waals surface area contributed by atoms with E-state index in [1.165, 1.54) is 6.92 Å². The monoisotopic (exact) mass is 262 g/mol. The molecule has 5 nitrogen and oxygen atoms in total. The van der Waals surface area contributed by atoms with E-state index in [4.69, 9.17) is 5.11 Å². The van der Waals surface area contributed by atoms with E-state index >= 15 is 0 Å². The highest BCUT2D eigenvalue weighted by Gasteiger charge is 2.32. The first-order chi connectivity index (χ1) is 9.11. The van der Waals surface area contributed by atoms with Gasteiger partial charge in [-0.3, -0.25) is 4.79 Å². The first-order valence-corrected chi connectivity index (χ1v) is 6.41. The summed E-state index contributed by atoms with van der Waals surface area (Å²) in [5, 5.41) is 11.7. The van der Waals surface area contributed by atoms with E-state index < -0.39 is 0 Å². The van der Waals surface area contributed by atoms with Crippen molar-refractivity contribution < 1.29 is 14.7 Å². The number of aliphatic hydroxyl groups is 1. The summed E-state index contributed by atoms with van der Waals surface area (Å²) in [6.07, 6.45) is 1.97. The normalized spacial score (nSPS) is 14.0. The Morgan fingerprint density at radius 2 is 2.16 bits per heavy atom. The van der Waals surface area contributed by atoms with E-state index in [0.717, 1.165) is 12.8 Å². The van der Waals surface area contributed by atoms with Gasteiger partial charge < -0.3 is 15.3 Å². The molecule has 0 radical (unpaired) electrons. The fraction of sp³-hybridized carbons (Fsp3) is 0.429. The minimum absolute atomic E-state index is 0.0366. The van der Waals surface area contributed by atoms with Crippen LogP contribution in [0.5, 0.6) is 0 Å². The molecule has 0 spiro atoms. The predicted molar refractivity (Wildman–Crippen MR) is 72.3 cm³/mol.